The van der Waals surface area contributed by atoms with E-state index in [0.717, 1.165) is 11.3 Å². The predicted octanol–water partition coefficient (Wildman–Crippen LogP) is 5.07. The second-order valence-corrected chi connectivity index (χ2v) is 8.08. The number of anilines is 1. The van der Waals surface area contributed by atoms with Crippen LogP contribution >= 0.6 is 11.3 Å². The SMILES string of the molecule is Cc1nc2ccccc2c(=O)n1-c1ccc(C(=O)Nc2nc(-c3ccccc3)cs2)cc1. The number of fused-ring (bicyclic) bond motifs is 1. The first-order chi connectivity index (χ1) is 15.6. The average Bonchev–Trinajstić information content (AvgIpc) is 3.28. The number of nitrogens with one attached hydrogen (secondary N) is 1. The molecule has 6 nitrogen and oxygen atoms in total. The zero-order chi connectivity index (χ0) is 22.1. The molecule has 7 heteroatoms. The van der Waals surface area contributed by atoms with Gasteiger partial charge in [-0.1, -0.05) is 42.5 Å². The van der Waals surface area contributed by atoms with Crippen LogP contribution < -0.4 is 10.9 Å². The van der Waals surface area contributed by atoms with E-state index in [0.29, 0.717) is 33.1 Å². The maximum Gasteiger partial charge on any atom is 0.265 e. The summed E-state index contributed by atoms with van der Waals surface area (Å²) in [4.78, 5) is 34.7. The van der Waals surface area contributed by atoms with Gasteiger partial charge in [-0.25, -0.2) is 9.97 Å². The third kappa shape index (κ3) is 3.70. The second-order valence-electron chi connectivity index (χ2n) is 7.22. The van der Waals surface area contributed by atoms with Gasteiger partial charge in [0.2, 0.25) is 0 Å². The van der Waals surface area contributed by atoms with Gasteiger partial charge in [0.25, 0.3) is 11.5 Å². The van der Waals surface area contributed by atoms with Gasteiger partial charge in [0.05, 0.1) is 22.3 Å². The third-order valence-electron chi connectivity index (χ3n) is 5.13. The Labute approximate surface area is 187 Å². The molecule has 0 saturated carbocycles. The van der Waals surface area contributed by atoms with Gasteiger partial charge < -0.3 is 0 Å². The van der Waals surface area contributed by atoms with E-state index < -0.39 is 0 Å². The van der Waals surface area contributed by atoms with Crippen molar-refractivity contribution in [1.29, 1.82) is 0 Å². The highest BCUT2D eigenvalue weighted by Crippen LogP contribution is 2.25. The van der Waals surface area contributed by atoms with E-state index in [4.69, 9.17) is 0 Å². The second kappa shape index (κ2) is 8.20. The largest absolute Gasteiger partial charge is 0.298 e. The Hall–Kier alpha value is -4.10. The van der Waals surface area contributed by atoms with Gasteiger partial charge in [-0.3, -0.25) is 19.5 Å². The quantitative estimate of drug-likeness (QED) is 0.425. The van der Waals surface area contributed by atoms with E-state index in [1.54, 1.807) is 41.8 Å². The number of benzene rings is 3. The maximum absolute atomic E-state index is 13.0. The van der Waals surface area contributed by atoms with Gasteiger partial charge in [0.15, 0.2) is 5.13 Å². The van der Waals surface area contributed by atoms with Gasteiger partial charge in [0, 0.05) is 16.5 Å². The van der Waals surface area contributed by atoms with Crippen molar-refractivity contribution in [2.45, 2.75) is 6.92 Å². The van der Waals surface area contributed by atoms with Crippen molar-refractivity contribution in [2.75, 3.05) is 5.32 Å². The first-order valence-corrected chi connectivity index (χ1v) is 10.9. The summed E-state index contributed by atoms with van der Waals surface area (Å²) in [6.45, 7) is 1.79. The van der Waals surface area contributed by atoms with Crippen LogP contribution in [0.3, 0.4) is 0 Å². The average molecular weight is 439 g/mol. The monoisotopic (exact) mass is 438 g/mol. The van der Waals surface area contributed by atoms with Crippen LogP contribution in [0.1, 0.15) is 16.2 Å². The smallest absolute Gasteiger partial charge is 0.265 e. The standard InChI is InChI=1S/C25H18N4O2S/c1-16-26-21-10-6-5-9-20(21)24(31)29(16)19-13-11-18(12-14-19)23(30)28-25-27-22(15-32-25)17-7-3-2-4-8-17/h2-15H,1H3,(H,27,28,30). The zero-order valence-electron chi connectivity index (χ0n) is 17.1. The number of carbonyl (C=O) groups is 1. The summed E-state index contributed by atoms with van der Waals surface area (Å²) in [5.74, 6) is 0.327. The Balaban J connectivity index is 1.39. The molecule has 5 rings (SSSR count). The minimum atomic E-state index is -0.258. The van der Waals surface area contributed by atoms with Gasteiger partial charge >= 0.3 is 0 Å². The zero-order valence-corrected chi connectivity index (χ0v) is 18.0. The minimum absolute atomic E-state index is 0.137. The Morgan fingerprint density at radius 2 is 1.62 bits per heavy atom. The number of para-hydroxylation sites is 1. The summed E-state index contributed by atoms with van der Waals surface area (Å²) in [5.41, 5.74) is 3.48. The molecule has 5 aromatic rings. The lowest BCUT2D eigenvalue weighted by molar-refractivity contribution is 0.102. The topological polar surface area (TPSA) is 76.9 Å². The Kier molecular flexibility index (Phi) is 5.09. The molecule has 0 saturated heterocycles. The number of rotatable bonds is 4. The molecule has 0 aliphatic heterocycles. The van der Waals surface area contributed by atoms with Crippen molar-refractivity contribution in [1.82, 2.24) is 14.5 Å². The van der Waals surface area contributed by atoms with Crippen LogP contribution in [0.5, 0.6) is 0 Å². The molecule has 0 radical (unpaired) electrons. The molecule has 156 valence electrons. The first kappa shape index (κ1) is 19.8. The molecule has 0 atom stereocenters. The van der Waals surface area contributed by atoms with Gasteiger partial charge in [-0.2, -0.15) is 0 Å². The van der Waals surface area contributed by atoms with E-state index in [9.17, 15) is 9.59 Å². The lowest BCUT2D eigenvalue weighted by atomic mass is 10.2. The number of aromatic nitrogens is 3. The van der Waals surface area contributed by atoms with Gasteiger partial charge in [-0.15, -0.1) is 11.3 Å². The van der Waals surface area contributed by atoms with Crippen LogP contribution in [0.4, 0.5) is 5.13 Å². The number of thiazole rings is 1. The predicted molar refractivity (Wildman–Crippen MR) is 128 cm³/mol. The van der Waals surface area contributed by atoms with Crippen LogP contribution in [-0.4, -0.2) is 20.4 Å². The lowest BCUT2D eigenvalue weighted by Gasteiger charge is -2.11. The molecule has 0 aliphatic rings. The molecular weight excluding hydrogens is 420 g/mol. The maximum atomic E-state index is 13.0. The number of amides is 1. The number of carbonyl (C=O) groups excluding carboxylic acids is 1. The lowest BCUT2D eigenvalue weighted by Crippen LogP contribution is -2.22. The van der Waals surface area contributed by atoms with Crippen LogP contribution in [0.2, 0.25) is 0 Å². The summed E-state index contributed by atoms with van der Waals surface area (Å²) in [5, 5.41) is 5.84. The summed E-state index contributed by atoms with van der Waals surface area (Å²) >= 11 is 1.38. The third-order valence-corrected chi connectivity index (χ3v) is 5.88. The fourth-order valence-electron chi connectivity index (χ4n) is 3.55. The first-order valence-electron chi connectivity index (χ1n) is 10.0. The van der Waals surface area contributed by atoms with Crippen molar-refractivity contribution >= 4 is 33.3 Å². The van der Waals surface area contributed by atoms with Crippen LogP contribution in [0.15, 0.2) is 89.0 Å². The Morgan fingerprint density at radius 3 is 2.41 bits per heavy atom. The van der Waals surface area contributed by atoms with Crippen molar-refractivity contribution in [3.63, 3.8) is 0 Å². The van der Waals surface area contributed by atoms with Gasteiger partial charge in [-0.05, 0) is 43.3 Å². The summed E-state index contributed by atoms with van der Waals surface area (Å²) in [7, 11) is 0. The molecular formula is C25H18N4O2S. The molecule has 0 spiro atoms. The van der Waals surface area contributed by atoms with Crippen molar-refractivity contribution < 1.29 is 4.79 Å². The Bertz CT molecular complexity index is 1490. The molecule has 3 aromatic carbocycles. The van der Waals surface area contributed by atoms with Crippen LogP contribution in [0.25, 0.3) is 27.8 Å². The molecule has 32 heavy (non-hydrogen) atoms. The molecule has 0 fully saturated rings. The fourth-order valence-corrected chi connectivity index (χ4v) is 4.27. The van der Waals surface area contributed by atoms with E-state index in [1.165, 1.54) is 11.3 Å². The number of nitrogens with zero attached hydrogens (tertiary/aromatic N) is 3. The van der Waals surface area contributed by atoms with E-state index >= 15 is 0 Å². The highest BCUT2D eigenvalue weighted by atomic mass is 32.1. The molecule has 0 aliphatic carbocycles. The van der Waals surface area contributed by atoms with E-state index in [2.05, 4.69) is 15.3 Å². The fraction of sp³-hybridized carbons (Fsp3) is 0.0400. The Morgan fingerprint density at radius 1 is 0.906 bits per heavy atom. The summed E-state index contributed by atoms with van der Waals surface area (Å²) in [6.07, 6.45) is 0. The van der Waals surface area contributed by atoms with E-state index in [-0.39, 0.29) is 11.5 Å². The van der Waals surface area contributed by atoms with E-state index in [1.807, 2.05) is 53.9 Å². The van der Waals surface area contributed by atoms with Crippen molar-refractivity contribution in [2.24, 2.45) is 0 Å². The van der Waals surface area contributed by atoms with Crippen LogP contribution in [0, 0.1) is 6.92 Å². The van der Waals surface area contributed by atoms with Crippen molar-refractivity contribution in [3.05, 3.63) is 106 Å². The van der Waals surface area contributed by atoms with Crippen molar-refractivity contribution in [3.8, 4) is 16.9 Å². The summed E-state index contributed by atoms with van der Waals surface area (Å²) in [6, 6.07) is 23.9. The molecule has 2 aromatic heterocycles. The highest BCUT2D eigenvalue weighted by Gasteiger charge is 2.13. The normalized spacial score (nSPS) is 10.9. The molecule has 0 unspecified atom stereocenters. The van der Waals surface area contributed by atoms with Gasteiger partial charge in [0.1, 0.15) is 5.82 Å². The molecule has 1 amide bonds. The minimum Gasteiger partial charge on any atom is -0.298 e. The number of aryl methyl sites for hydroxylation is 1. The molecule has 0 bridgehead atoms. The highest BCUT2D eigenvalue weighted by molar-refractivity contribution is 7.14. The molecule has 1 N–H and O–H groups in total. The van der Waals surface area contributed by atoms with Crippen LogP contribution in [-0.2, 0) is 0 Å². The number of hydrogen-bond acceptors (Lipinski definition) is 5. The molecule has 2 heterocycles. The number of hydrogen-bond donors (Lipinski definition) is 1. The summed E-state index contributed by atoms with van der Waals surface area (Å²) < 4.78 is 1.55.